The van der Waals surface area contributed by atoms with Gasteiger partial charge in [-0.25, -0.2) is 18.4 Å². The SMILES string of the molecule is CCS(=O)(=O)Nc1ncccc1CNc1nc(Nc2ccc(C(=O)N3CCCC3)cc2)ncc1C(F)(F)F. The highest BCUT2D eigenvalue weighted by molar-refractivity contribution is 7.92. The minimum Gasteiger partial charge on any atom is -0.365 e. The van der Waals surface area contributed by atoms with Gasteiger partial charge in [0.15, 0.2) is 0 Å². The maximum atomic E-state index is 13.6. The normalized spacial score (nSPS) is 13.8. The van der Waals surface area contributed by atoms with E-state index in [1.165, 1.54) is 25.3 Å². The predicted octanol–water partition coefficient (Wildman–Crippen LogP) is 4.24. The molecule has 0 unspecified atom stereocenters. The zero-order valence-corrected chi connectivity index (χ0v) is 21.2. The molecule has 3 N–H and O–H groups in total. The van der Waals surface area contributed by atoms with Crippen LogP contribution in [-0.4, -0.2) is 53.0 Å². The van der Waals surface area contributed by atoms with Gasteiger partial charge in [-0.3, -0.25) is 9.52 Å². The van der Waals surface area contributed by atoms with Crippen LogP contribution in [0.1, 0.15) is 41.3 Å². The quantitative estimate of drug-likeness (QED) is 0.362. The number of likely N-dealkylation sites (tertiary alicyclic amines) is 1. The Morgan fingerprint density at radius 3 is 2.42 bits per heavy atom. The highest BCUT2D eigenvalue weighted by Gasteiger charge is 2.35. The molecule has 0 radical (unpaired) electrons. The van der Waals surface area contributed by atoms with Crippen molar-refractivity contribution in [1.82, 2.24) is 19.9 Å². The van der Waals surface area contributed by atoms with Crippen LogP contribution in [0.4, 0.5) is 36.4 Å². The fraction of sp³-hybridized carbons (Fsp3) is 0.333. The van der Waals surface area contributed by atoms with Gasteiger partial charge in [-0.05, 0) is 50.1 Å². The summed E-state index contributed by atoms with van der Waals surface area (Å²) in [5.74, 6) is -0.849. The second-order valence-corrected chi connectivity index (χ2v) is 10.5. The zero-order chi connectivity index (χ0) is 27.3. The number of sulfonamides is 1. The second kappa shape index (κ2) is 11.2. The van der Waals surface area contributed by atoms with E-state index < -0.39 is 27.6 Å². The molecule has 1 aliphatic rings. The van der Waals surface area contributed by atoms with Gasteiger partial charge >= 0.3 is 6.18 Å². The number of carbonyl (C=O) groups is 1. The van der Waals surface area contributed by atoms with Gasteiger partial charge in [0.2, 0.25) is 16.0 Å². The van der Waals surface area contributed by atoms with E-state index in [4.69, 9.17) is 0 Å². The number of nitrogens with zero attached hydrogens (tertiary/aromatic N) is 4. The smallest absolute Gasteiger partial charge is 0.365 e. The highest BCUT2D eigenvalue weighted by atomic mass is 32.2. The number of nitrogens with one attached hydrogen (secondary N) is 3. The molecule has 0 spiro atoms. The van der Waals surface area contributed by atoms with E-state index in [1.807, 2.05) is 0 Å². The van der Waals surface area contributed by atoms with E-state index in [1.54, 1.807) is 29.2 Å². The number of pyridine rings is 1. The summed E-state index contributed by atoms with van der Waals surface area (Å²) >= 11 is 0. The van der Waals surface area contributed by atoms with E-state index in [2.05, 4.69) is 30.3 Å². The monoisotopic (exact) mass is 549 g/mol. The number of benzene rings is 1. The summed E-state index contributed by atoms with van der Waals surface area (Å²) in [6.07, 6.45) is -0.755. The lowest BCUT2D eigenvalue weighted by Gasteiger charge is -2.17. The molecule has 1 aliphatic heterocycles. The molecule has 1 aromatic carbocycles. The Morgan fingerprint density at radius 2 is 1.76 bits per heavy atom. The number of amides is 1. The van der Waals surface area contributed by atoms with Crippen LogP contribution >= 0.6 is 0 Å². The van der Waals surface area contributed by atoms with E-state index in [0.29, 0.717) is 23.0 Å². The number of carbonyl (C=O) groups excluding carboxylic acids is 1. The molecule has 4 rings (SSSR count). The van der Waals surface area contributed by atoms with Gasteiger partial charge < -0.3 is 15.5 Å². The van der Waals surface area contributed by atoms with Gasteiger partial charge in [0, 0.05) is 48.8 Å². The number of anilines is 4. The molecule has 38 heavy (non-hydrogen) atoms. The van der Waals surface area contributed by atoms with Crippen LogP contribution in [0.25, 0.3) is 0 Å². The summed E-state index contributed by atoms with van der Waals surface area (Å²) in [6, 6.07) is 9.59. The first-order chi connectivity index (χ1) is 18.1. The number of alkyl halides is 3. The summed E-state index contributed by atoms with van der Waals surface area (Å²) in [6.45, 7) is 2.70. The van der Waals surface area contributed by atoms with Gasteiger partial charge in [0.05, 0.1) is 5.75 Å². The van der Waals surface area contributed by atoms with Gasteiger partial charge in [0.25, 0.3) is 5.91 Å². The molecule has 1 saturated heterocycles. The number of aromatic nitrogens is 3. The van der Waals surface area contributed by atoms with Crippen molar-refractivity contribution >= 4 is 39.2 Å². The minimum absolute atomic E-state index is 0.00591. The van der Waals surface area contributed by atoms with Crippen molar-refractivity contribution in [2.45, 2.75) is 32.5 Å². The first-order valence-electron chi connectivity index (χ1n) is 11.8. The molecule has 3 aromatic rings. The average Bonchev–Trinajstić information content (AvgIpc) is 3.43. The molecular weight excluding hydrogens is 523 g/mol. The molecule has 10 nitrogen and oxygen atoms in total. The summed E-state index contributed by atoms with van der Waals surface area (Å²) in [5, 5.41) is 5.47. The van der Waals surface area contributed by atoms with Crippen molar-refractivity contribution in [3.05, 3.63) is 65.5 Å². The summed E-state index contributed by atoms with van der Waals surface area (Å²) in [4.78, 5) is 26.1. The third kappa shape index (κ3) is 6.68. The molecule has 0 bridgehead atoms. The Bertz CT molecular complexity index is 1390. The predicted molar refractivity (Wildman–Crippen MR) is 137 cm³/mol. The Kier molecular flexibility index (Phi) is 7.99. The zero-order valence-electron chi connectivity index (χ0n) is 20.4. The molecule has 0 aliphatic carbocycles. The molecule has 1 fully saturated rings. The molecule has 14 heteroatoms. The lowest BCUT2D eigenvalue weighted by molar-refractivity contribution is -0.137. The molecule has 0 saturated carbocycles. The van der Waals surface area contributed by atoms with Gasteiger partial charge in [-0.2, -0.15) is 18.2 Å². The fourth-order valence-corrected chi connectivity index (χ4v) is 4.41. The maximum Gasteiger partial charge on any atom is 0.421 e. The molecule has 1 amide bonds. The van der Waals surface area contributed by atoms with Crippen molar-refractivity contribution in [2.24, 2.45) is 0 Å². The van der Waals surface area contributed by atoms with E-state index in [-0.39, 0.29) is 30.0 Å². The highest BCUT2D eigenvalue weighted by Crippen LogP contribution is 2.34. The molecule has 2 aromatic heterocycles. The maximum absolute atomic E-state index is 13.6. The van der Waals surface area contributed by atoms with Crippen LogP contribution in [-0.2, 0) is 22.7 Å². The Morgan fingerprint density at radius 1 is 1.05 bits per heavy atom. The van der Waals surface area contributed by atoms with E-state index in [9.17, 15) is 26.4 Å². The number of rotatable bonds is 9. The third-order valence-electron chi connectivity index (χ3n) is 5.85. The van der Waals surface area contributed by atoms with Gasteiger partial charge in [-0.1, -0.05) is 6.07 Å². The van der Waals surface area contributed by atoms with Crippen molar-refractivity contribution in [3.63, 3.8) is 0 Å². The average molecular weight is 550 g/mol. The van der Waals surface area contributed by atoms with Crippen LogP contribution in [0.5, 0.6) is 0 Å². The summed E-state index contributed by atoms with van der Waals surface area (Å²) < 4.78 is 67.2. The number of hydrogen-bond acceptors (Lipinski definition) is 8. The fourth-order valence-electron chi connectivity index (χ4n) is 3.78. The molecular formula is C24H26F3N7O3S. The number of hydrogen-bond donors (Lipinski definition) is 3. The van der Waals surface area contributed by atoms with Crippen molar-refractivity contribution in [3.8, 4) is 0 Å². The summed E-state index contributed by atoms with van der Waals surface area (Å²) in [7, 11) is -3.64. The second-order valence-electron chi connectivity index (χ2n) is 8.53. The van der Waals surface area contributed by atoms with Crippen LogP contribution in [0.3, 0.4) is 0 Å². The molecule has 3 heterocycles. The van der Waals surface area contributed by atoms with Crippen molar-refractivity contribution in [1.29, 1.82) is 0 Å². The van der Waals surface area contributed by atoms with E-state index >= 15 is 0 Å². The Balaban J connectivity index is 1.52. The third-order valence-corrected chi connectivity index (χ3v) is 7.11. The largest absolute Gasteiger partial charge is 0.421 e. The van der Waals surface area contributed by atoms with Crippen molar-refractivity contribution in [2.75, 3.05) is 34.2 Å². The summed E-state index contributed by atoms with van der Waals surface area (Å²) in [5.41, 5.74) is 0.231. The van der Waals surface area contributed by atoms with Crippen molar-refractivity contribution < 1.29 is 26.4 Å². The standard InChI is InChI=1S/C24H26F3N7O3S/c1-2-38(36,37)33-20-17(6-5-11-28-20)14-29-21-19(24(25,26)27)15-30-23(32-21)31-18-9-7-16(8-10-18)22(35)34-12-3-4-13-34/h5-11,15H,2-4,12-14H2,1H3,(H,28,33)(H2,29,30,31,32). The van der Waals surface area contributed by atoms with Gasteiger partial charge in [0.1, 0.15) is 17.2 Å². The Labute approximate surface area is 217 Å². The van der Waals surface area contributed by atoms with Crippen LogP contribution in [0.2, 0.25) is 0 Å². The number of halogens is 3. The lowest BCUT2D eigenvalue weighted by atomic mass is 10.2. The molecule has 0 atom stereocenters. The van der Waals surface area contributed by atoms with Crippen LogP contribution < -0.4 is 15.4 Å². The van der Waals surface area contributed by atoms with E-state index in [0.717, 1.165) is 25.9 Å². The van der Waals surface area contributed by atoms with Crippen LogP contribution in [0.15, 0.2) is 48.8 Å². The Hall–Kier alpha value is -3.94. The lowest BCUT2D eigenvalue weighted by Crippen LogP contribution is -2.27. The molecule has 202 valence electrons. The van der Waals surface area contributed by atoms with Gasteiger partial charge in [-0.15, -0.1) is 0 Å². The minimum atomic E-state index is -4.74. The van der Waals surface area contributed by atoms with Crippen LogP contribution in [0, 0.1) is 0 Å². The first-order valence-corrected chi connectivity index (χ1v) is 13.5. The topological polar surface area (TPSA) is 129 Å². The first kappa shape index (κ1) is 27.1.